The molecule has 5 nitrogen and oxygen atoms in total. The van der Waals surface area contributed by atoms with Gasteiger partial charge in [-0.25, -0.2) is 9.97 Å². The third-order valence-corrected chi connectivity index (χ3v) is 2.25. The second kappa shape index (κ2) is 6.55. The Morgan fingerprint density at radius 1 is 1.37 bits per heavy atom. The van der Waals surface area contributed by atoms with E-state index in [2.05, 4.69) is 15.3 Å². The number of anilines is 2. The van der Waals surface area contributed by atoms with Gasteiger partial charge >= 0.3 is 6.18 Å². The van der Waals surface area contributed by atoms with Gasteiger partial charge in [0.15, 0.2) is 0 Å². The highest BCUT2D eigenvalue weighted by Gasteiger charge is 2.31. The molecule has 108 valence electrons. The lowest BCUT2D eigenvalue weighted by Crippen LogP contribution is -2.37. The number of hydrogen-bond acceptors (Lipinski definition) is 5. The van der Waals surface area contributed by atoms with E-state index < -0.39 is 12.7 Å². The molecule has 1 aromatic heterocycles. The molecule has 0 radical (unpaired) electrons. The van der Waals surface area contributed by atoms with Crippen LogP contribution < -0.4 is 10.2 Å². The zero-order chi connectivity index (χ0) is 14.5. The minimum atomic E-state index is -4.35. The van der Waals surface area contributed by atoms with Crippen LogP contribution in [0, 0.1) is 6.92 Å². The Morgan fingerprint density at radius 3 is 2.58 bits per heavy atom. The second-order valence-corrected chi connectivity index (χ2v) is 3.95. The quantitative estimate of drug-likeness (QED) is 0.827. The largest absolute Gasteiger partial charge is 0.405 e. The van der Waals surface area contributed by atoms with Crippen LogP contribution in [0.4, 0.5) is 24.8 Å². The van der Waals surface area contributed by atoms with Gasteiger partial charge in [-0.2, -0.15) is 13.2 Å². The molecule has 0 saturated carbocycles. The molecule has 0 aromatic carbocycles. The van der Waals surface area contributed by atoms with Gasteiger partial charge in [-0.3, -0.25) is 0 Å². The Hall–Kier alpha value is -1.57. The van der Waals surface area contributed by atoms with Crippen LogP contribution in [0.3, 0.4) is 0 Å². The molecule has 0 aliphatic rings. The van der Waals surface area contributed by atoms with Crippen molar-refractivity contribution < 1.29 is 18.3 Å². The van der Waals surface area contributed by atoms with Crippen LogP contribution in [0.2, 0.25) is 0 Å². The summed E-state index contributed by atoms with van der Waals surface area (Å²) in [6.07, 6.45) is -4.35. The van der Waals surface area contributed by atoms with Gasteiger partial charge in [0.2, 0.25) is 0 Å². The van der Waals surface area contributed by atoms with Gasteiger partial charge in [0.1, 0.15) is 24.0 Å². The van der Waals surface area contributed by atoms with Crippen LogP contribution >= 0.6 is 0 Å². The summed E-state index contributed by atoms with van der Waals surface area (Å²) < 4.78 is 37.4. The lowest BCUT2D eigenvalue weighted by atomic mass is 10.4. The number of halogens is 3. The third-order valence-electron chi connectivity index (χ3n) is 2.25. The highest BCUT2D eigenvalue weighted by molar-refractivity contribution is 5.49. The molecule has 0 amide bonds. The first-order valence-corrected chi connectivity index (χ1v) is 5.88. The van der Waals surface area contributed by atoms with Crippen LogP contribution in [-0.2, 0) is 0 Å². The molecule has 0 atom stereocenters. The molecular weight excluding hydrogens is 261 g/mol. The molecule has 0 unspecified atom stereocenters. The summed E-state index contributed by atoms with van der Waals surface area (Å²) >= 11 is 0. The SMILES string of the molecule is CCNc1cc(N(CCO)CC(F)(F)F)nc(C)n1. The van der Waals surface area contributed by atoms with E-state index in [4.69, 9.17) is 5.11 Å². The fourth-order valence-electron chi connectivity index (χ4n) is 1.60. The monoisotopic (exact) mass is 278 g/mol. The molecule has 0 aliphatic carbocycles. The van der Waals surface area contributed by atoms with Crippen molar-refractivity contribution in [3.63, 3.8) is 0 Å². The van der Waals surface area contributed by atoms with E-state index in [0.29, 0.717) is 18.2 Å². The van der Waals surface area contributed by atoms with Gasteiger partial charge in [-0.1, -0.05) is 0 Å². The van der Waals surface area contributed by atoms with Crippen molar-refractivity contribution in [3.05, 3.63) is 11.9 Å². The van der Waals surface area contributed by atoms with E-state index in [9.17, 15) is 13.2 Å². The van der Waals surface area contributed by atoms with Crippen molar-refractivity contribution in [1.29, 1.82) is 0 Å². The van der Waals surface area contributed by atoms with E-state index >= 15 is 0 Å². The van der Waals surface area contributed by atoms with Gasteiger partial charge in [0.05, 0.1) is 6.61 Å². The normalized spacial score (nSPS) is 11.5. The van der Waals surface area contributed by atoms with Gasteiger partial charge in [0, 0.05) is 19.2 Å². The number of nitrogens with zero attached hydrogens (tertiary/aromatic N) is 3. The highest BCUT2D eigenvalue weighted by Crippen LogP contribution is 2.22. The summed E-state index contributed by atoms with van der Waals surface area (Å²) in [5, 5.41) is 11.8. The average Bonchev–Trinajstić information content (AvgIpc) is 2.26. The Morgan fingerprint density at radius 2 is 2.05 bits per heavy atom. The van der Waals surface area contributed by atoms with Crippen LogP contribution in [0.15, 0.2) is 6.07 Å². The summed E-state index contributed by atoms with van der Waals surface area (Å²) in [4.78, 5) is 9.03. The summed E-state index contributed by atoms with van der Waals surface area (Å²) in [5.41, 5.74) is 0. The maximum atomic E-state index is 12.5. The Bertz CT molecular complexity index is 411. The lowest BCUT2D eigenvalue weighted by Gasteiger charge is -2.24. The minimum Gasteiger partial charge on any atom is -0.395 e. The molecule has 8 heteroatoms. The van der Waals surface area contributed by atoms with Crippen molar-refractivity contribution >= 4 is 11.6 Å². The second-order valence-electron chi connectivity index (χ2n) is 3.95. The molecule has 0 saturated heterocycles. The summed E-state index contributed by atoms with van der Waals surface area (Å²) in [6.45, 7) is 2.40. The number of aryl methyl sites for hydroxylation is 1. The van der Waals surface area contributed by atoms with E-state index in [1.807, 2.05) is 6.92 Å². The number of aromatic nitrogens is 2. The fraction of sp³-hybridized carbons (Fsp3) is 0.636. The molecule has 1 rings (SSSR count). The van der Waals surface area contributed by atoms with Crippen molar-refractivity contribution in [3.8, 4) is 0 Å². The smallest absolute Gasteiger partial charge is 0.395 e. The highest BCUT2D eigenvalue weighted by atomic mass is 19.4. The molecule has 1 aromatic rings. The first-order valence-electron chi connectivity index (χ1n) is 5.88. The molecule has 2 N–H and O–H groups in total. The Balaban J connectivity index is 3.00. The summed E-state index contributed by atoms with van der Waals surface area (Å²) in [7, 11) is 0. The fourth-order valence-corrected chi connectivity index (χ4v) is 1.60. The van der Waals surface area contributed by atoms with E-state index in [1.165, 1.54) is 6.07 Å². The number of aliphatic hydroxyl groups is 1. The molecule has 0 aliphatic heterocycles. The Kier molecular flexibility index (Phi) is 5.34. The molecule has 0 bridgehead atoms. The predicted octanol–water partition coefficient (Wildman–Crippen LogP) is 1.58. The van der Waals surface area contributed by atoms with Gasteiger partial charge in [0.25, 0.3) is 0 Å². The predicted molar refractivity (Wildman–Crippen MR) is 66.3 cm³/mol. The summed E-state index contributed by atoms with van der Waals surface area (Å²) in [6, 6.07) is 1.44. The van der Waals surface area contributed by atoms with E-state index in [-0.39, 0.29) is 19.0 Å². The number of alkyl halides is 3. The van der Waals surface area contributed by atoms with Crippen molar-refractivity contribution in [1.82, 2.24) is 9.97 Å². The number of nitrogens with one attached hydrogen (secondary N) is 1. The molecule has 19 heavy (non-hydrogen) atoms. The van der Waals surface area contributed by atoms with Gasteiger partial charge in [-0.15, -0.1) is 0 Å². The van der Waals surface area contributed by atoms with Crippen LogP contribution in [-0.4, -0.2) is 47.5 Å². The van der Waals surface area contributed by atoms with Crippen molar-refractivity contribution in [2.45, 2.75) is 20.0 Å². The Labute approximate surface area is 109 Å². The van der Waals surface area contributed by atoms with Gasteiger partial charge in [-0.05, 0) is 13.8 Å². The average molecular weight is 278 g/mol. The molecule has 0 spiro atoms. The molecule has 0 fully saturated rings. The third kappa shape index (κ3) is 5.29. The number of rotatable bonds is 6. The van der Waals surface area contributed by atoms with Gasteiger partial charge < -0.3 is 15.3 Å². The first-order chi connectivity index (χ1) is 8.85. The van der Waals surface area contributed by atoms with Crippen molar-refractivity contribution in [2.24, 2.45) is 0 Å². The summed E-state index contributed by atoms with van der Waals surface area (Å²) in [5.74, 6) is 0.989. The topological polar surface area (TPSA) is 61.3 Å². The van der Waals surface area contributed by atoms with E-state index in [1.54, 1.807) is 6.92 Å². The standard InChI is InChI=1S/C11H17F3N4O/c1-3-15-9-6-10(17-8(2)16-9)18(4-5-19)7-11(12,13)14/h6,19H,3-5,7H2,1-2H3,(H,15,16,17). The minimum absolute atomic E-state index is 0.137. The zero-order valence-electron chi connectivity index (χ0n) is 10.8. The zero-order valence-corrected chi connectivity index (χ0v) is 10.8. The van der Waals surface area contributed by atoms with E-state index in [0.717, 1.165) is 4.90 Å². The molecular formula is C11H17F3N4O. The maximum absolute atomic E-state index is 12.5. The lowest BCUT2D eigenvalue weighted by molar-refractivity contribution is -0.120. The number of aliphatic hydroxyl groups excluding tert-OH is 1. The van der Waals surface area contributed by atoms with Crippen LogP contribution in [0.25, 0.3) is 0 Å². The van der Waals surface area contributed by atoms with Crippen molar-refractivity contribution in [2.75, 3.05) is 36.5 Å². The maximum Gasteiger partial charge on any atom is 0.405 e. The first kappa shape index (κ1) is 15.5. The van der Waals surface area contributed by atoms with Crippen LogP contribution in [0.5, 0.6) is 0 Å². The van der Waals surface area contributed by atoms with Crippen LogP contribution in [0.1, 0.15) is 12.7 Å². The number of hydrogen-bond donors (Lipinski definition) is 2. The molecule has 1 heterocycles.